The van der Waals surface area contributed by atoms with Gasteiger partial charge in [0.05, 0.1) is 24.0 Å². The van der Waals surface area contributed by atoms with Gasteiger partial charge in [-0.25, -0.2) is 0 Å². The van der Waals surface area contributed by atoms with E-state index in [2.05, 4.69) is 25.5 Å². The molecule has 4 atom stereocenters. The summed E-state index contributed by atoms with van der Waals surface area (Å²) in [5.74, 6) is 0.643. The summed E-state index contributed by atoms with van der Waals surface area (Å²) >= 11 is 0. The average molecular weight is 188 g/mol. The van der Waals surface area contributed by atoms with Gasteiger partial charge in [-0.05, 0) is 38.0 Å². The van der Waals surface area contributed by atoms with Crippen LogP contribution in [0.1, 0.15) is 26.2 Å². The molecule has 74 valence electrons. The zero-order valence-electron chi connectivity index (χ0n) is 8.61. The lowest BCUT2D eigenvalue weighted by molar-refractivity contribution is 0.371. The zero-order valence-corrected chi connectivity index (χ0v) is 8.61. The van der Waals surface area contributed by atoms with E-state index in [1.54, 1.807) is 0 Å². The van der Waals surface area contributed by atoms with Crippen molar-refractivity contribution in [3.8, 4) is 12.1 Å². The fourth-order valence-electron chi connectivity index (χ4n) is 2.13. The van der Waals surface area contributed by atoms with Crippen LogP contribution in [0.2, 0.25) is 0 Å². The van der Waals surface area contributed by atoms with Gasteiger partial charge in [0.25, 0.3) is 0 Å². The maximum absolute atomic E-state index is 9.01. The highest BCUT2D eigenvalue weighted by atomic mass is 14.4. The van der Waals surface area contributed by atoms with E-state index in [1.807, 2.05) is 6.92 Å². The quantitative estimate of drug-likeness (QED) is 0.683. The fraction of sp³-hybridized carbons (Fsp3) is 0.667. The van der Waals surface area contributed by atoms with Crippen molar-refractivity contribution in [1.82, 2.24) is 0 Å². The smallest absolute Gasteiger partial charge is 0.0672 e. The van der Waals surface area contributed by atoms with E-state index in [9.17, 15) is 0 Å². The molecule has 0 heterocycles. The van der Waals surface area contributed by atoms with Gasteiger partial charge in [-0.15, -0.1) is 0 Å². The minimum atomic E-state index is -0.162. The molecule has 14 heavy (non-hydrogen) atoms. The molecule has 2 nitrogen and oxygen atoms in total. The summed E-state index contributed by atoms with van der Waals surface area (Å²) in [6.45, 7) is 5.72. The predicted octanol–water partition coefficient (Wildman–Crippen LogP) is 2.74. The highest BCUT2D eigenvalue weighted by Crippen LogP contribution is 2.38. The third-order valence-corrected chi connectivity index (χ3v) is 3.14. The molecule has 1 rings (SSSR count). The number of hydrogen-bond donors (Lipinski definition) is 0. The van der Waals surface area contributed by atoms with Crippen molar-refractivity contribution in [2.24, 2.45) is 23.7 Å². The third-order valence-electron chi connectivity index (χ3n) is 3.14. The molecule has 1 saturated carbocycles. The normalized spacial score (nSPS) is 30.3. The standard InChI is InChI=1S/C12H16N2/c1-3-10-4-5-11(6-10)12(8-14)9(2)7-13/h5,9-12H,1,3-4,6H2,2H3. The van der Waals surface area contributed by atoms with Crippen LogP contribution in [0.15, 0.2) is 0 Å². The second-order valence-corrected chi connectivity index (χ2v) is 4.10. The van der Waals surface area contributed by atoms with Gasteiger partial charge in [-0.1, -0.05) is 13.3 Å². The summed E-state index contributed by atoms with van der Waals surface area (Å²) < 4.78 is 0. The van der Waals surface area contributed by atoms with Crippen molar-refractivity contribution >= 4 is 0 Å². The van der Waals surface area contributed by atoms with E-state index in [-0.39, 0.29) is 11.8 Å². The van der Waals surface area contributed by atoms with Crippen molar-refractivity contribution < 1.29 is 0 Å². The minimum Gasteiger partial charge on any atom is -0.198 e. The summed E-state index contributed by atoms with van der Waals surface area (Å²) in [5, 5.41) is 17.8. The second-order valence-electron chi connectivity index (χ2n) is 4.10. The molecule has 0 N–H and O–H groups in total. The van der Waals surface area contributed by atoms with Crippen LogP contribution >= 0.6 is 0 Å². The van der Waals surface area contributed by atoms with Crippen molar-refractivity contribution in [3.05, 3.63) is 13.3 Å². The Kier molecular flexibility index (Phi) is 3.96. The van der Waals surface area contributed by atoms with Crippen molar-refractivity contribution in [2.75, 3.05) is 0 Å². The van der Waals surface area contributed by atoms with Crippen LogP contribution < -0.4 is 0 Å². The molecule has 0 spiro atoms. The Hall–Kier alpha value is -1.02. The number of nitrogens with zero attached hydrogens (tertiary/aromatic N) is 2. The zero-order chi connectivity index (χ0) is 10.6. The Balaban J connectivity index is 2.57. The van der Waals surface area contributed by atoms with E-state index < -0.39 is 0 Å². The second kappa shape index (κ2) is 5.01. The fourth-order valence-corrected chi connectivity index (χ4v) is 2.13. The lowest BCUT2D eigenvalue weighted by Crippen LogP contribution is -2.17. The molecule has 0 aliphatic heterocycles. The van der Waals surface area contributed by atoms with Crippen LogP contribution in [-0.4, -0.2) is 0 Å². The van der Waals surface area contributed by atoms with Gasteiger partial charge in [-0.3, -0.25) is 0 Å². The molecule has 0 aromatic carbocycles. The molecule has 0 amide bonds. The summed E-state index contributed by atoms with van der Waals surface area (Å²) in [7, 11) is 0. The van der Waals surface area contributed by atoms with Crippen LogP contribution in [0.3, 0.4) is 0 Å². The molecule has 2 heteroatoms. The number of rotatable bonds is 3. The number of nitriles is 2. The van der Waals surface area contributed by atoms with Gasteiger partial charge in [0.2, 0.25) is 0 Å². The molecule has 2 radical (unpaired) electrons. The maximum atomic E-state index is 9.01. The first kappa shape index (κ1) is 11.1. The molecule has 0 bridgehead atoms. The minimum absolute atomic E-state index is 0.128. The van der Waals surface area contributed by atoms with E-state index >= 15 is 0 Å². The first-order valence-electron chi connectivity index (χ1n) is 5.14. The SMILES string of the molecule is [CH2]CC1C[CH]C(C(C#N)C(C)C#N)C1. The molecule has 1 aliphatic carbocycles. The topological polar surface area (TPSA) is 47.6 Å². The summed E-state index contributed by atoms with van der Waals surface area (Å²) in [6.07, 6.45) is 5.24. The van der Waals surface area contributed by atoms with Crippen LogP contribution in [0, 0.1) is 59.7 Å². The van der Waals surface area contributed by atoms with Crippen LogP contribution in [0.25, 0.3) is 0 Å². The van der Waals surface area contributed by atoms with Crippen LogP contribution in [-0.2, 0) is 0 Å². The molecule has 4 unspecified atom stereocenters. The van der Waals surface area contributed by atoms with E-state index in [0.29, 0.717) is 11.8 Å². The monoisotopic (exact) mass is 188 g/mol. The van der Waals surface area contributed by atoms with Gasteiger partial charge in [0.1, 0.15) is 0 Å². The first-order valence-corrected chi connectivity index (χ1v) is 5.14. The van der Waals surface area contributed by atoms with Crippen molar-refractivity contribution in [3.63, 3.8) is 0 Å². The van der Waals surface area contributed by atoms with Gasteiger partial charge in [0.15, 0.2) is 0 Å². The highest BCUT2D eigenvalue weighted by Gasteiger charge is 2.33. The Labute approximate surface area is 86.5 Å². The van der Waals surface area contributed by atoms with E-state index in [4.69, 9.17) is 10.5 Å². The summed E-state index contributed by atoms with van der Waals surface area (Å²) in [6, 6.07) is 4.43. The lowest BCUT2D eigenvalue weighted by Gasteiger charge is -2.18. The van der Waals surface area contributed by atoms with Gasteiger partial charge in [-0.2, -0.15) is 10.5 Å². The van der Waals surface area contributed by atoms with E-state index in [1.165, 1.54) is 0 Å². The predicted molar refractivity (Wildman–Crippen MR) is 54.4 cm³/mol. The van der Waals surface area contributed by atoms with Gasteiger partial charge >= 0.3 is 0 Å². The Morgan fingerprint density at radius 1 is 1.50 bits per heavy atom. The molecular weight excluding hydrogens is 172 g/mol. The van der Waals surface area contributed by atoms with Crippen LogP contribution in [0.4, 0.5) is 0 Å². The number of hydrogen-bond acceptors (Lipinski definition) is 2. The summed E-state index contributed by atoms with van der Waals surface area (Å²) in [4.78, 5) is 0. The molecule has 1 aliphatic rings. The highest BCUT2D eigenvalue weighted by molar-refractivity contribution is 5.05. The van der Waals surface area contributed by atoms with Crippen molar-refractivity contribution in [1.29, 1.82) is 10.5 Å². The Morgan fingerprint density at radius 3 is 2.64 bits per heavy atom. The molecule has 0 aromatic rings. The molecular formula is C12H16N2. The summed E-state index contributed by atoms with van der Waals surface area (Å²) in [5.41, 5.74) is 0. The largest absolute Gasteiger partial charge is 0.198 e. The average Bonchev–Trinajstić information content (AvgIpc) is 2.67. The first-order chi connectivity index (χ1) is 6.72. The van der Waals surface area contributed by atoms with Gasteiger partial charge < -0.3 is 0 Å². The maximum Gasteiger partial charge on any atom is 0.0672 e. The Bertz CT molecular complexity index is 258. The molecule has 1 fully saturated rings. The lowest BCUT2D eigenvalue weighted by atomic mass is 9.82. The Morgan fingerprint density at radius 2 is 2.21 bits per heavy atom. The van der Waals surface area contributed by atoms with Crippen molar-refractivity contribution in [2.45, 2.75) is 26.2 Å². The van der Waals surface area contributed by atoms with Crippen LogP contribution in [0.5, 0.6) is 0 Å². The molecule has 0 saturated heterocycles. The third kappa shape index (κ3) is 2.26. The van der Waals surface area contributed by atoms with Gasteiger partial charge in [0, 0.05) is 0 Å². The molecule has 0 aromatic heterocycles. The van der Waals surface area contributed by atoms with E-state index in [0.717, 1.165) is 19.3 Å².